The fraction of sp³-hybridized carbons (Fsp3) is 0.923. The van der Waals surface area contributed by atoms with Crippen molar-refractivity contribution in [3.63, 3.8) is 0 Å². The van der Waals surface area contributed by atoms with Crippen LogP contribution in [0.1, 0.15) is 26.7 Å². The summed E-state index contributed by atoms with van der Waals surface area (Å²) < 4.78 is 0. The molecule has 2 atom stereocenters. The van der Waals surface area contributed by atoms with Crippen molar-refractivity contribution in [2.45, 2.75) is 31.9 Å². The molecule has 1 amide bonds. The highest BCUT2D eigenvalue weighted by Crippen LogP contribution is 2.26. The summed E-state index contributed by atoms with van der Waals surface area (Å²) in [6.45, 7) is 8.38. The van der Waals surface area contributed by atoms with Crippen molar-refractivity contribution in [2.75, 3.05) is 31.9 Å². The van der Waals surface area contributed by atoms with E-state index in [-0.39, 0.29) is 18.3 Å². The Labute approximate surface area is 121 Å². The van der Waals surface area contributed by atoms with Crippen LogP contribution in [0.3, 0.4) is 0 Å². The highest BCUT2D eigenvalue weighted by molar-refractivity contribution is 8.00. The van der Waals surface area contributed by atoms with Crippen molar-refractivity contribution in [2.24, 2.45) is 11.8 Å². The number of hydrogen-bond donors (Lipinski definition) is 1. The third kappa shape index (κ3) is 4.04. The lowest BCUT2D eigenvalue weighted by Gasteiger charge is -2.37. The molecule has 0 aromatic heterocycles. The maximum absolute atomic E-state index is 12.4. The van der Waals surface area contributed by atoms with Gasteiger partial charge in [-0.2, -0.15) is 11.8 Å². The summed E-state index contributed by atoms with van der Waals surface area (Å²) >= 11 is 2.03. The monoisotopic (exact) mass is 292 g/mol. The van der Waals surface area contributed by atoms with E-state index in [9.17, 15) is 4.79 Å². The molecular weight excluding hydrogens is 268 g/mol. The summed E-state index contributed by atoms with van der Waals surface area (Å²) in [7, 11) is 0. The van der Waals surface area contributed by atoms with Crippen LogP contribution < -0.4 is 5.32 Å². The second-order valence-electron chi connectivity index (χ2n) is 5.48. The van der Waals surface area contributed by atoms with E-state index >= 15 is 0 Å². The van der Waals surface area contributed by atoms with Crippen molar-refractivity contribution in [3.05, 3.63) is 0 Å². The van der Waals surface area contributed by atoms with E-state index in [0.29, 0.717) is 17.1 Å². The van der Waals surface area contributed by atoms with Gasteiger partial charge < -0.3 is 10.2 Å². The van der Waals surface area contributed by atoms with E-state index in [2.05, 4.69) is 24.1 Å². The van der Waals surface area contributed by atoms with Crippen LogP contribution in [0.5, 0.6) is 0 Å². The molecule has 0 bridgehead atoms. The van der Waals surface area contributed by atoms with Crippen molar-refractivity contribution in [3.8, 4) is 0 Å². The largest absolute Gasteiger partial charge is 0.340 e. The lowest BCUT2D eigenvalue weighted by Crippen LogP contribution is -2.48. The van der Waals surface area contributed by atoms with E-state index in [4.69, 9.17) is 0 Å². The van der Waals surface area contributed by atoms with Crippen LogP contribution in [0.25, 0.3) is 0 Å². The average molecular weight is 293 g/mol. The normalized spacial score (nSPS) is 28.9. The fourth-order valence-corrected chi connectivity index (χ4v) is 3.90. The molecule has 2 fully saturated rings. The van der Waals surface area contributed by atoms with Crippen LogP contribution in [0.2, 0.25) is 0 Å². The van der Waals surface area contributed by atoms with E-state index in [1.165, 1.54) is 0 Å². The number of nitrogens with one attached hydrogen (secondary N) is 1. The zero-order valence-corrected chi connectivity index (χ0v) is 13.0. The molecule has 0 saturated carbocycles. The van der Waals surface area contributed by atoms with E-state index < -0.39 is 0 Å². The van der Waals surface area contributed by atoms with E-state index in [0.717, 1.165) is 44.8 Å². The summed E-state index contributed by atoms with van der Waals surface area (Å²) in [6, 6.07) is 0. The number of nitrogens with zero attached hydrogens (tertiary/aromatic N) is 1. The Balaban J connectivity index is 0.00000162. The summed E-state index contributed by atoms with van der Waals surface area (Å²) in [4.78, 5) is 14.5. The second kappa shape index (κ2) is 7.61. The lowest BCUT2D eigenvalue weighted by atomic mass is 9.97. The number of rotatable bonds is 2. The molecule has 3 nitrogen and oxygen atoms in total. The van der Waals surface area contributed by atoms with Crippen LogP contribution in [0, 0.1) is 11.8 Å². The van der Waals surface area contributed by atoms with Crippen LogP contribution in [-0.4, -0.2) is 48.0 Å². The molecule has 0 aromatic rings. The van der Waals surface area contributed by atoms with Gasteiger partial charge >= 0.3 is 0 Å². The molecule has 2 aliphatic heterocycles. The third-order valence-corrected chi connectivity index (χ3v) is 5.33. The molecule has 0 aromatic carbocycles. The molecule has 2 saturated heterocycles. The average Bonchev–Trinajstić information content (AvgIpc) is 2.39. The standard InChI is InChI=1S/C13H24N2OS.ClH/c1-10(2)12-9-15(6-7-17-12)13(16)11-4-3-5-14-8-11;/h10-12,14H,3-9H2,1-2H3;1H. The predicted octanol–water partition coefficient (Wildman–Crippen LogP) is 2.01. The van der Waals surface area contributed by atoms with Gasteiger partial charge in [0.05, 0.1) is 5.92 Å². The van der Waals surface area contributed by atoms with Crippen molar-refractivity contribution >= 4 is 30.1 Å². The first-order valence-corrected chi connectivity index (χ1v) is 7.84. The molecule has 1 N–H and O–H groups in total. The minimum Gasteiger partial charge on any atom is -0.340 e. The zero-order chi connectivity index (χ0) is 12.3. The Morgan fingerprint density at radius 2 is 2.22 bits per heavy atom. The molecule has 0 aliphatic carbocycles. The van der Waals surface area contributed by atoms with Crippen molar-refractivity contribution in [1.29, 1.82) is 0 Å². The zero-order valence-electron chi connectivity index (χ0n) is 11.4. The second-order valence-corrected chi connectivity index (χ2v) is 6.83. The molecule has 18 heavy (non-hydrogen) atoms. The number of carbonyl (C=O) groups excluding carboxylic acids is 1. The number of carbonyl (C=O) groups is 1. The Bertz CT molecular complexity index is 270. The third-order valence-electron chi connectivity index (χ3n) is 3.79. The van der Waals surface area contributed by atoms with Gasteiger partial charge in [-0.25, -0.2) is 0 Å². The minimum absolute atomic E-state index is 0. The first-order chi connectivity index (χ1) is 8.18. The predicted molar refractivity (Wildman–Crippen MR) is 80.5 cm³/mol. The molecule has 2 heterocycles. The molecule has 0 spiro atoms. The topological polar surface area (TPSA) is 32.3 Å². The smallest absolute Gasteiger partial charge is 0.227 e. The highest BCUT2D eigenvalue weighted by Gasteiger charge is 2.30. The quantitative estimate of drug-likeness (QED) is 0.845. The molecule has 2 rings (SSSR count). The first kappa shape index (κ1) is 16.1. The van der Waals surface area contributed by atoms with Crippen LogP contribution in [0.4, 0.5) is 0 Å². The van der Waals surface area contributed by atoms with Gasteiger partial charge in [-0.1, -0.05) is 13.8 Å². The Hall–Kier alpha value is 0.0700. The molecule has 2 aliphatic rings. The molecule has 106 valence electrons. The van der Waals surface area contributed by atoms with Gasteiger partial charge in [-0.3, -0.25) is 4.79 Å². The van der Waals surface area contributed by atoms with Crippen LogP contribution >= 0.6 is 24.2 Å². The fourth-order valence-electron chi connectivity index (χ4n) is 2.60. The van der Waals surface area contributed by atoms with Crippen LogP contribution in [-0.2, 0) is 4.79 Å². The highest BCUT2D eigenvalue weighted by atomic mass is 35.5. The Kier molecular flexibility index (Phi) is 6.82. The van der Waals surface area contributed by atoms with E-state index in [1.807, 2.05) is 11.8 Å². The maximum atomic E-state index is 12.4. The molecule has 2 unspecified atom stereocenters. The molecule has 5 heteroatoms. The van der Waals surface area contributed by atoms with E-state index in [1.54, 1.807) is 0 Å². The summed E-state index contributed by atoms with van der Waals surface area (Å²) in [5, 5.41) is 3.97. The summed E-state index contributed by atoms with van der Waals surface area (Å²) in [5.41, 5.74) is 0. The van der Waals surface area contributed by atoms with Crippen molar-refractivity contribution < 1.29 is 4.79 Å². The van der Waals surface area contributed by atoms with Crippen molar-refractivity contribution in [1.82, 2.24) is 10.2 Å². The SMILES string of the molecule is CC(C)C1CN(C(=O)C2CCCNC2)CCS1.Cl. The Morgan fingerprint density at radius 1 is 1.44 bits per heavy atom. The van der Waals surface area contributed by atoms with Gasteiger partial charge in [-0.15, -0.1) is 12.4 Å². The van der Waals surface area contributed by atoms with Gasteiger partial charge in [0, 0.05) is 30.6 Å². The number of hydrogen-bond acceptors (Lipinski definition) is 3. The minimum atomic E-state index is 0. The molecular formula is C13H25ClN2OS. The van der Waals surface area contributed by atoms with Gasteiger partial charge in [-0.05, 0) is 25.3 Å². The number of amides is 1. The number of thioether (sulfide) groups is 1. The van der Waals surface area contributed by atoms with Gasteiger partial charge in [0.2, 0.25) is 5.91 Å². The lowest BCUT2D eigenvalue weighted by molar-refractivity contribution is -0.136. The van der Waals surface area contributed by atoms with Gasteiger partial charge in [0.15, 0.2) is 0 Å². The summed E-state index contributed by atoms with van der Waals surface area (Å²) in [6.07, 6.45) is 2.22. The number of piperidine rings is 1. The number of halogens is 1. The first-order valence-electron chi connectivity index (χ1n) is 6.79. The van der Waals surface area contributed by atoms with Gasteiger partial charge in [0.25, 0.3) is 0 Å². The molecule has 0 radical (unpaired) electrons. The summed E-state index contributed by atoms with van der Waals surface area (Å²) in [5.74, 6) is 2.40. The Morgan fingerprint density at radius 3 is 2.83 bits per heavy atom. The van der Waals surface area contributed by atoms with Gasteiger partial charge in [0.1, 0.15) is 0 Å². The maximum Gasteiger partial charge on any atom is 0.227 e. The van der Waals surface area contributed by atoms with Crippen LogP contribution in [0.15, 0.2) is 0 Å².